The molecule has 0 amide bonds. The highest BCUT2D eigenvalue weighted by Crippen LogP contribution is 2.32. The van der Waals surface area contributed by atoms with Crippen molar-refractivity contribution in [1.29, 1.82) is 0 Å². The zero-order chi connectivity index (χ0) is 25.4. The van der Waals surface area contributed by atoms with Crippen LogP contribution in [0.2, 0.25) is 0 Å². The molecule has 0 aliphatic carbocycles. The zero-order valence-electron chi connectivity index (χ0n) is 18.6. The fraction of sp³-hybridized carbons (Fsp3) is 0.0400. The second-order valence-corrected chi connectivity index (χ2v) is 9.39. The van der Waals surface area contributed by atoms with Gasteiger partial charge in [0, 0.05) is 23.1 Å². The first-order chi connectivity index (χ1) is 17.3. The number of aromatic nitrogens is 2. The average molecular weight is 509 g/mol. The van der Waals surface area contributed by atoms with Crippen LogP contribution in [0.1, 0.15) is 0 Å². The van der Waals surface area contributed by atoms with Crippen molar-refractivity contribution in [2.24, 2.45) is 0 Å². The predicted octanol–water partition coefficient (Wildman–Crippen LogP) is 4.73. The monoisotopic (exact) mass is 509 g/mol. The van der Waals surface area contributed by atoms with E-state index in [0.29, 0.717) is 22.2 Å². The lowest BCUT2D eigenvalue weighted by atomic mass is 10.0. The van der Waals surface area contributed by atoms with Gasteiger partial charge in [0.15, 0.2) is 17.5 Å². The minimum atomic E-state index is -3.99. The number of pyridine rings is 1. The number of halogens is 2. The molecule has 182 valence electrons. The van der Waals surface area contributed by atoms with Crippen LogP contribution in [0.4, 0.5) is 14.6 Å². The molecule has 8 nitrogen and oxygen atoms in total. The molecule has 0 atom stereocenters. The fourth-order valence-electron chi connectivity index (χ4n) is 3.86. The van der Waals surface area contributed by atoms with Crippen LogP contribution in [0.3, 0.4) is 0 Å². The van der Waals surface area contributed by atoms with Gasteiger partial charge >= 0.3 is 0 Å². The number of sulfonamides is 1. The van der Waals surface area contributed by atoms with E-state index in [1.165, 1.54) is 72.5 Å². The molecule has 2 aromatic heterocycles. The van der Waals surface area contributed by atoms with Crippen LogP contribution in [0.25, 0.3) is 27.7 Å². The molecule has 0 fully saturated rings. The first kappa shape index (κ1) is 23.2. The molecule has 0 saturated heterocycles. The molecule has 3 aromatic carbocycles. The number of nitrogens with zero attached hydrogens (tertiary/aromatic N) is 2. The van der Waals surface area contributed by atoms with Gasteiger partial charge in [0.25, 0.3) is 15.6 Å². The summed E-state index contributed by atoms with van der Waals surface area (Å²) in [6.07, 6.45) is 1.23. The van der Waals surface area contributed by atoms with Crippen molar-refractivity contribution in [2.75, 3.05) is 11.8 Å². The van der Waals surface area contributed by atoms with Gasteiger partial charge in [0.2, 0.25) is 0 Å². The van der Waals surface area contributed by atoms with Crippen molar-refractivity contribution < 1.29 is 26.5 Å². The van der Waals surface area contributed by atoms with E-state index in [1.807, 2.05) is 0 Å². The lowest BCUT2D eigenvalue weighted by molar-refractivity contribution is 0.413. The van der Waals surface area contributed by atoms with Gasteiger partial charge in [0.05, 0.1) is 23.2 Å². The summed E-state index contributed by atoms with van der Waals surface area (Å²) in [7, 11) is -2.57. The van der Waals surface area contributed by atoms with Gasteiger partial charge in [-0.25, -0.2) is 17.2 Å². The zero-order valence-corrected chi connectivity index (χ0v) is 19.4. The molecule has 0 unspecified atom stereocenters. The van der Waals surface area contributed by atoms with E-state index in [-0.39, 0.29) is 22.0 Å². The van der Waals surface area contributed by atoms with Crippen LogP contribution in [-0.4, -0.2) is 25.3 Å². The number of hydrogen-bond acceptors (Lipinski definition) is 6. The third kappa shape index (κ3) is 4.09. The molecule has 0 radical (unpaired) electrons. The predicted molar refractivity (Wildman–Crippen MR) is 129 cm³/mol. The second kappa shape index (κ2) is 8.93. The molecular weight excluding hydrogens is 492 g/mol. The molecule has 1 N–H and O–H groups in total. The molecule has 36 heavy (non-hydrogen) atoms. The quantitative estimate of drug-likeness (QED) is 0.355. The number of methoxy groups -OCH3 is 1. The third-order valence-electron chi connectivity index (χ3n) is 5.54. The summed E-state index contributed by atoms with van der Waals surface area (Å²) in [6.45, 7) is 0. The van der Waals surface area contributed by atoms with E-state index in [2.05, 4.69) is 14.4 Å². The molecular formula is C25H17F2N3O5S. The maximum absolute atomic E-state index is 14.5. The summed E-state index contributed by atoms with van der Waals surface area (Å²) < 4.78 is 67.6. The molecule has 0 aliphatic heterocycles. The van der Waals surface area contributed by atoms with Crippen LogP contribution in [0.5, 0.6) is 5.75 Å². The Kier molecular flexibility index (Phi) is 5.77. The minimum Gasteiger partial charge on any atom is -0.495 e. The highest BCUT2D eigenvalue weighted by molar-refractivity contribution is 7.92. The molecule has 0 saturated carbocycles. The van der Waals surface area contributed by atoms with Crippen LogP contribution in [-0.2, 0) is 10.0 Å². The van der Waals surface area contributed by atoms with Crippen molar-refractivity contribution in [3.63, 3.8) is 0 Å². The fourth-order valence-corrected chi connectivity index (χ4v) is 4.89. The maximum atomic E-state index is 14.5. The van der Waals surface area contributed by atoms with Crippen LogP contribution in [0, 0.1) is 11.6 Å². The molecule has 0 bridgehead atoms. The molecule has 0 spiro atoms. The lowest BCUT2D eigenvalue weighted by Gasteiger charge is -2.16. The summed E-state index contributed by atoms with van der Waals surface area (Å²) in [5, 5.41) is 3.98. The molecule has 11 heteroatoms. The molecule has 2 heterocycles. The summed E-state index contributed by atoms with van der Waals surface area (Å²) in [5.41, 5.74) is 0.542. The Hall–Kier alpha value is -4.51. The number of ether oxygens (including phenoxy) is 1. The van der Waals surface area contributed by atoms with Gasteiger partial charge < -0.3 is 9.26 Å². The van der Waals surface area contributed by atoms with E-state index in [0.717, 1.165) is 6.07 Å². The Labute approximate surface area is 203 Å². The summed E-state index contributed by atoms with van der Waals surface area (Å²) in [5.74, 6) is -1.70. The molecule has 5 rings (SSSR count). The minimum absolute atomic E-state index is 0.0134. The van der Waals surface area contributed by atoms with Crippen LogP contribution < -0.4 is 15.0 Å². The van der Waals surface area contributed by atoms with E-state index in [4.69, 9.17) is 4.74 Å². The summed E-state index contributed by atoms with van der Waals surface area (Å²) in [6, 6.07) is 16.8. The first-order valence-electron chi connectivity index (χ1n) is 10.5. The van der Waals surface area contributed by atoms with E-state index in [1.54, 1.807) is 12.1 Å². The van der Waals surface area contributed by atoms with E-state index in [9.17, 15) is 22.0 Å². The Morgan fingerprint density at radius 1 is 1.00 bits per heavy atom. The first-order valence-corrected chi connectivity index (χ1v) is 12.0. The van der Waals surface area contributed by atoms with Gasteiger partial charge in [-0.15, -0.1) is 0 Å². The number of hydrogen-bond donors (Lipinski definition) is 1. The standard InChI is InChI=1S/C25H17F2N3O5S/c1-34-22-9-5-15(18-3-2-4-19(26)25(18)27)14-21(22)30-20-8-7-17(13-16(20)6-10-24(30)31)36(32,33)29-23-11-12-35-28-23/h2-14H,1H3,(H,28,29). The number of nitrogens with one attached hydrogen (secondary N) is 1. The topological polar surface area (TPSA) is 103 Å². The number of anilines is 1. The lowest BCUT2D eigenvalue weighted by Crippen LogP contribution is -2.19. The Morgan fingerprint density at radius 3 is 2.58 bits per heavy atom. The molecule has 5 aromatic rings. The van der Waals surface area contributed by atoms with Gasteiger partial charge in [-0.2, -0.15) is 0 Å². The van der Waals surface area contributed by atoms with Crippen molar-refractivity contribution in [3.8, 4) is 22.6 Å². The Morgan fingerprint density at radius 2 is 1.83 bits per heavy atom. The largest absolute Gasteiger partial charge is 0.495 e. The van der Waals surface area contributed by atoms with Crippen molar-refractivity contribution >= 4 is 26.7 Å². The van der Waals surface area contributed by atoms with Crippen molar-refractivity contribution in [2.45, 2.75) is 4.90 Å². The smallest absolute Gasteiger partial charge is 0.263 e. The van der Waals surface area contributed by atoms with Gasteiger partial charge in [0.1, 0.15) is 12.0 Å². The van der Waals surface area contributed by atoms with Crippen LogP contribution in [0.15, 0.2) is 93.3 Å². The van der Waals surface area contributed by atoms with Gasteiger partial charge in [-0.05, 0) is 48.0 Å². The Balaban J connectivity index is 1.67. The maximum Gasteiger partial charge on any atom is 0.263 e. The van der Waals surface area contributed by atoms with Crippen molar-refractivity contribution in [1.82, 2.24) is 9.72 Å². The van der Waals surface area contributed by atoms with E-state index >= 15 is 0 Å². The SMILES string of the molecule is COc1ccc(-c2cccc(F)c2F)cc1-n1c(=O)ccc2cc(S(=O)(=O)Nc3ccon3)ccc21. The Bertz CT molecular complexity index is 1770. The number of fused-ring (bicyclic) bond motifs is 1. The highest BCUT2D eigenvalue weighted by Gasteiger charge is 2.19. The second-order valence-electron chi connectivity index (χ2n) is 7.71. The third-order valence-corrected chi connectivity index (χ3v) is 6.89. The van der Waals surface area contributed by atoms with E-state index < -0.39 is 27.2 Å². The summed E-state index contributed by atoms with van der Waals surface area (Å²) in [4.78, 5) is 12.9. The molecule has 0 aliphatic rings. The summed E-state index contributed by atoms with van der Waals surface area (Å²) >= 11 is 0. The normalized spacial score (nSPS) is 11.5. The van der Waals surface area contributed by atoms with Gasteiger partial charge in [-0.3, -0.25) is 14.1 Å². The van der Waals surface area contributed by atoms with Crippen molar-refractivity contribution in [3.05, 3.63) is 101 Å². The average Bonchev–Trinajstić information content (AvgIpc) is 3.37. The highest BCUT2D eigenvalue weighted by atomic mass is 32.2. The van der Waals surface area contributed by atoms with Crippen LogP contribution >= 0.6 is 0 Å². The van der Waals surface area contributed by atoms with Gasteiger partial charge in [-0.1, -0.05) is 23.4 Å². The number of rotatable bonds is 6. The number of benzene rings is 3.